The van der Waals surface area contributed by atoms with Crippen molar-refractivity contribution in [1.82, 2.24) is 0 Å². The lowest BCUT2D eigenvalue weighted by atomic mass is 9.69. The van der Waals surface area contributed by atoms with Crippen molar-refractivity contribution in [2.75, 3.05) is 0 Å². The molecule has 0 aliphatic heterocycles. The third-order valence-corrected chi connectivity index (χ3v) is 16.8. The van der Waals surface area contributed by atoms with E-state index in [9.17, 15) is 28.8 Å². The molecule has 0 bridgehead atoms. The Morgan fingerprint density at radius 1 is 0.228 bits per heavy atom. The fraction of sp³-hybridized carbons (Fsp3) is 0.175. The van der Waals surface area contributed by atoms with Crippen molar-refractivity contribution >= 4 is 35.8 Å². The Morgan fingerprint density at radius 3 is 0.522 bits per heavy atom. The molecule has 0 atom stereocenters. The molecule has 0 N–H and O–H groups in total. The molecule has 0 amide bonds. The number of carbonyl (C=O) groups is 6. The van der Waals surface area contributed by atoms with E-state index in [1.165, 1.54) is 0 Å². The molecule has 12 nitrogen and oxygen atoms in total. The van der Waals surface area contributed by atoms with Gasteiger partial charge in [0.25, 0.3) is 0 Å². The molecule has 0 spiro atoms. The van der Waals surface area contributed by atoms with Crippen molar-refractivity contribution in [3.63, 3.8) is 0 Å². The third-order valence-electron chi connectivity index (χ3n) is 16.8. The smallest absolute Gasteiger partial charge is 0.335 e. The van der Waals surface area contributed by atoms with Gasteiger partial charge in [0, 0.05) is 63.5 Å². The highest BCUT2D eigenvalue weighted by molar-refractivity contribution is 5.86. The highest BCUT2D eigenvalue weighted by Gasteiger charge is 2.35. The second-order valence-corrected chi connectivity index (χ2v) is 23.9. The lowest BCUT2D eigenvalue weighted by molar-refractivity contribution is -0.129. The second-order valence-electron chi connectivity index (χ2n) is 23.9. The van der Waals surface area contributed by atoms with Crippen LogP contribution in [-0.2, 0) is 55.8 Å². The van der Waals surface area contributed by atoms with Gasteiger partial charge in [-0.1, -0.05) is 210 Å². The Hall–Kier alpha value is -11.0. The molecule has 12 heteroatoms. The van der Waals surface area contributed by atoms with Crippen LogP contribution in [0.3, 0.4) is 0 Å². The summed E-state index contributed by atoms with van der Waals surface area (Å²) in [5, 5.41) is 0. The summed E-state index contributed by atoms with van der Waals surface area (Å²) in [6, 6.07) is 59.9. The normalized spacial score (nSPS) is 11.4. The topological polar surface area (TPSA) is 158 Å². The summed E-state index contributed by atoms with van der Waals surface area (Å²) in [4.78, 5) is 70.2. The third kappa shape index (κ3) is 16.1. The molecule has 8 aromatic rings. The minimum absolute atomic E-state index is 0.344. The van der Waals surface area contributed by atoms with E-state index in [1.54, 1.807) is 72.8 Å². The van der Waals surface area contributed by atoms with Crippen molar-refractivity contribution in [3.8, 4) is 34.5 Å². The van der Waals surface area contributed by atoms with Crippen LogP contribution in [0.5, 0.6) is 34.5 Å². The van der Waals surface area contributed by atoms with Crippen LogP contribution in [0.2, 0.25) is 0 Å². The summed E-state index contributed by atoms with van der Waals surface area (Å²) in [5.74, 6) is -0.488. The molecule has 0 saturated heterocycles. The standard InChI is InChI=1S/C42H42O6.C38H34O6/c1-10-37(43)46-34-19-13-28(14-20-34)40(4,5)31-25-32(41(6,7)29-15-21-35(22-16-29)47-38(44)11-2)27-33(26-31)42(8,9)30-17-23-36(24-18-30)48-39(45)12-3;1-7-34(39)42-31-20-14-27(15-21-31)37(4,5)26-10-12-28(13-11-26)38(6,29-16-22-32(23-17-29)43-35(40)8-2)30-18-24-33(25-19-30)44-36(41)9-3/h10-27H,1-3H2,4-9H3;7-25H,1-3H2,4-6H3. The van der Waals surface area contributed by atoms with Crippen LogP contribution in [0.25, 0.3) is 0 Å². The average Bonchev–Trinajstić information content (AvgIpc) is 0.766. The van der Waals surface area contributed by atoms with Gasteiger partial charge in [0.2, 0.25) is 0 Å². The van der Waals surface area contributed by atoms with E-state index < -0.39 is 57.5 Å². The molecule has 0 aliphatic rings. The maximum Gasteiger partial charge on any atom is 0.335 e. The number of hydrogen-bond donors (Lipinski definition) is 0. The molecule has 0 fully saturated rings. The van der Waals surface area contributed by atoms with E-state index in [1.807, 2.05) is 72.8 Å². The Bertz CT molecular complexity index is 3750. The molecular weight excluding hydrogens is 1150 g/mol. The number of ether oxygens (including phenoxy) is 6. The van der Waals surface area contributed by atoms with Gasteiger partial charge in [-0.2, -0.15) is 0 Å². The number of benzene rings is 8. The maximum atomic E-state index is 11.7. The number of esters is 6. The Balaban J connectivity index is 0.000000262. The molecule has 92 heavy (non-hydrogen) atoms. The molecule has 8 rings (SSSR count). The Kier molecular flexibility index (Phi) is 21.7. The van der Waals surface area contributed by atoms with Gasteiger partial charge in [-0.15, -0.1) is 0 Å². The highest BCUT2D eigenvalue weighted by atomic mass is 16.6. The van der Waals surface area contributed by atoms with Gasteiger partial charge in [0.15, 0.2) is 0 Å². The minimum Gasteiger partial charge on any atom is -0.423 e. The van der Waals surface area contributed by atoms with Crippen LogP contribution in [-0.4, -0.2) is 35.8 Å². The molecule has 468 valence electrons. The van der Waals surface area contributed by atoms with E-state index in [0.717, 1.165) is 97.7 Å². The Labute approximate surface area is 539 Å². The van der Waals surface area contributed by atoms with Gasteiger partial charge in [-0.05, 0) is 141 Å². The number of rotatable bonds is 23. The van der Waals surface area contributed by atoms with Crippen molar-refractivity contribution in [2.24, 2.45) is 0 Å². The summed E-state index contributed by atoms with van der Waals surface area (Å²) in [7, 11) is 0. The minimum atomic E-state index is -0.624. The van der Waals surface area contributed by atoms with Crippen LogP contribution < -0.4 is 28.4 Å². The lowest BCUT2D eigenvalue weighted by Gasteiger charge is -2.35. The lowest BCUT2D eigenvalue weighted by Crippen LogP contribution is -2.26. The van der Waals surface area contributed by atoms with Crippen LogP contribution >= 0.6 is 0 Å². The zero-order chi connectivity index (χ0) is 67.2. The first-order valence-corrected chi connectivity index (χ1v) is 29.6. The van der Waals surface area contributed by atoms with Crippen molar-refractivity contribution in [1.29, 1.82) is 0 Å². The van der Waals surface area contributed by atoms with Crippen LogP contribution in [0.4, 0.5) is 0 Å². The summed E-state index contributed by atoms with van der Waals surface area (Å²) in [5.41, 5.74) is 9.23. The average molecular weight is 1230 g/mol. The van der Waals surface area contributed by atoms with E-state index in [4.69, 9.17) is 28.4 Å². The summed E-state index contributed by atoms with van der Waals surface area (Å²) >= 11 is 0. The fourth-order valence-corrected chi connectivity index (χ4v) is 10.5. The number of carbonyl (C=O) groups excluding carboxylic acids is 6. The summed E-state index contributed by atoms with van der Waals surface area (Å²) in [6.45, 7) is 40.2. The van der Waals surface area contributed by atoms with Crippen LogP contribution in [0.1, 0.15) is 124 Å². The second kappa shape index (κ2) is 29.1. The molecular formula is C80H76O12. The monoisotopic (exact) mass is 1230 g/mol. The van der Waals surface area contributed by atoms with Gasteiger partial charge in [0.05, 0.1) is 0 Å². The molecule has 0 radical (unpaired) electrons. The van der Waals surface area contributed by atoms with Crippen LogP contribution in [0, 0.1) is 0 Å². The van der Waals surface area contributed by atoms with E-state index in [2.05, 4.69) is 144 Å². The first kappa shape index (κ1) is 68.5. The van der Waals surface area contributed by atoms with Gasteiger partial charge in [0.1, 0.15) is 34.5 Å². The molecule has 0 aliphatic carbocycles. The van der Waals surface area contributed by atoms with E-state index in [0.29, 0.717) is 34.5 Å². The van der Waals surface area contributed by atoms with Gasteiger partial charge in [-0.3, -0.25) is 0 Å². The van der Waals surface area contributed by atoms with Crippen LogP contribution in [0.15, 0.2) is 264 Å². The fourth-order valence-electron chi connectivity index (χ4n) is 10.5. The zero-order valence-electron chi connectivity index (χ0n) is 53.5. The predicted molar refractivity (Wildman–Crippen MR) is 361 cm³/mol. The van der Waals surface area contributed by atoms with Crippen molar-refractivity contribution in [3.05, 3.63) is 325 Å². The summed E-state index contributed by atoms with van der Waals surface area (Å²) < 4.78 is 31.7. The number of hydrogen-bond acceptors (Lipinski definition) is 12. The van der Waals surface area contributed by atoms with E-state index in [-0.39, 0.29) is 5.41 Å². The first-order chi connectivity index (χ1) is 43.6. The van der Waals surface area contributed by atoms with E-state index >= 15 is 0 Å². The zero-order valence-corrected chi connectivity index (χ0v) is 53.5. The molecule has 0 aromatic heterocycles. The maximum absolute atomic E-state index is 11.7. The molecule has 0 saturated carbocycles. The largest absolute Gasteiger partial charge is 0.423 e. The highest BCUT2D eigenvalue weighted by Crippen LogP contribution is 2.45. The quantitative estimate of drug-likeness (QED) is 0.0259. The summed E-state index contributed by atoms with van der Waals surface area (Å²) in [6.07, 6.45) is 6.78. The predicted octanol–water partition coefficient (Wildman–Crippen LogP) is 16.6. The molecule has 0 heterocycles. The van der Waals surface area contributed by atoms with Gasteiger partial charge < -0.3 is 28.4 Å². The van der Waals surface area contributed by atoms with Crippen molar-refractivity contribution in [2.45, 2.75) is 89.4 Å². The molecule has 8 aromatic carbocycles. The molecule has 0 unspecified atom stereocenters. The first-order valence-electron chi connectivity index (χ1n) is 29.6. The SMILES string of the molecule is C=CC(=O)Oc1ccc(C(C)(C)c2cc(C(C)(C)c3ccc(OC(=O)C=C)cc3)cc(C(C)(C)c3ccc(OC(=O)C=C)cc3)c2)cc1.C=CC(=O)Oc1ccc(C(C)(C)c2ccc(C(C)(c3ccc(OC(=O)C=C)cc3)c3ccc(OC(=O)C=C)cc3)cc2)cc1. The van der Waals surface area contributed by atoms with Gasteiger partial charge in [-0.25, -0.2) is 28.8 Å². The van der Waals surface area contributed by atoms with Gasteiger partial charge >= 0.3 is 35.8 Å². The Morgan fingerprint density at radius 2 is 0.359 bits per heavy atom. The van der Waals surface area contributed by atoms with Crippen molar-refractivity contribution < 1.29 is 57.2 Å².